The van der Waals surface area contributed by atoms with E-state index in [-0.39, 0.29) is 6.10 Å². The maximum atomic E-state index is 12.1. The third-order valence-electron chi connectivity index (χ3n) is 2.79. The first kappa shape index (κ1) is 15.4. The Morgan fingerprint density at radius 2 is 1.64 bits per heavy atom. The van der Waals surface area contributed by atoms with E-state index in [0.29, 0.717) is 22.7 Å². The number of carbonyl (C=O) groups excluding carboxylic acids is 1. The van der Waals surface area contributed by atoms with E-state index in [9.17, 15) is 4.79 Å². The molecule has 0 unspecified atom stereocenters. The predicted octanol–water partition coefficient (Wildman–Crippen LogP) is 3.99. The zero-order valence-corrected chi connectivity index (χ0v) is 12.5. The number of anilines is 2. The average Bonchev–Trinajstić information content (AvgIpc) is 2.49. The van der Waals surface area contributed by atoms with Gasteiger partial charge in [0.2, 0.25) is 0 Å². The first-order valence-electron chi connectivity index (χ1n) is 6.93. The Morgan fingerprint density at radius 1 is 1.05 bits per heavy atom. The van der Waals surface area contributed by atoms with Crippen molar-refractivity contribution in [1.82, 2.24) is 0 Å². The molecule has 2 aromatic rings. The van der Waals surface area contributed by atoms with Gasteiger partial charge in [0.05, 0.1) is 23.0 Å². The van der Waals surface area contributed by atoms with Gasteiger partial charge in [-0.15, -0.1) is 0 Å². The number of hydrogen-bond acceptors (Lipinski definition) is 3. The summed E-state index contributed by atoms with van der Waals surface area (Å²) >= 11 is 0. The minimum absolute atomic E-state index is 0.00493. The SMILES string of the molecule is CC(C)Oc1ccccc1NC(=O)Nc1ccccc1C#N. The van der Waals surface area contributed by atoms with Gasteiger partial charge in [0.15, 0.2) is 0 Å². The number of nitrogens with zero attached hydrogens (tertiary/aromatic N) is 1. The lowest BCUT2D eigenvalue weighted by Gasteiger charge is -2.15. The Morgan fingerprint density at radius 3 is 2.32 bits per heavy atom. The number of hydrogen-bond donors (Lipinski definition) is 2. The Bertz CT molecular complexity index is 705. The molecule has 112 valence electrons. The van der Waals surface area contributed by atoms with E-state index in [1.807, 2.05) is 32.0 Å². The summed E-state index contributed by atoms with van der Waals surface area (Å²) in [6.07, 6.45) is 0.00493. The van der Waals surface area contributed by atoms with Gasteiger partial charge in [0.1, 0.15) is 11.8 Å². The smallest absolute Gasteiger partial charge is 0.323 e. The van der Waals surface area contributed by atoms with E-state index in [4.69, 9.17) is 10.00 Å². The van der Waals surface area contributed by atoms with Crippen LogP contribution in [0.3, 0.4) is 0 Å². The van der Waals surface area contributed by atoms with Crippen molar-refractivity contribution < 1.29 is 9.53 Å². The summed E-state index contributed by atoms with van der Waals surface area (Å²) in [7, 11) is 0. The van der Waals surface area contributed by atoms with Crippen LogP contribution in [-0.2, 0) is 0 Å². The van der Waals surface area contributed by atoms with Crippen molar-refractivity contribution in [2.75, 3.05) is 10.6 Å². The second-order valence-electron chi connectivity index (χ2n) is 4.90. The fourth-order valence-corrected chi connectivity index (χ4v) is 1.89. The first-order chi connectivity index (χ1) is 10.6. The van der Waals surface area contributed by atoms with Crippen molar-refractivity contribution in [3.8, 4) is 11.8 Å². The zero-order valence-electron chi connectivity index (χ0n) is 12.5. The predicted molar refractivity (Wildman–Crippen MR) is 86.0 cm³/mol. The van der Waals surface area contributed by atoms with Crippen molar-refractivity contribution in [1.29, 1.82) is 5.26 Å². The normalized spacial score (nSPS) is 9.91. The molecule has 0 aliphatic heterocycles. The molecule has 0 fully saturated rings. The second-order valence-corrected chi connectivity index (χ2v) is 4.90. The molecule has 0 spiro atoms. The number of para-hydroxylation sites is 3. The first-order valence-corrected chi connectivity index (χ1v) is 6.93. The van der Waals surface area contributed by atoms with Crippen LogP contribution in [0, 0.1) is 11.3 Å². The number of urea groups is 1. The zero-order chi connectivity index (χ0) is 15.9. The highest BCUT2D eigenvalue weighted by Crippen LogP contribution is 2.25. The molecule has 0 saturated heterocycles. The van der Waals surface area contributed by atoms with E-state index in [2.05, 4.69) is 10.6 Å². The van der Waals surface area contributed by atoms with Crippen LogP contribution in [0.2, 0.25) is 0 Å². The molecular formula is C17H17N3O2. The van der Waals surface area contributed by atoms with Crippen LogP contribution < -0.4 is 15.4 Å². The van der Waals surface area contributed by atoms with Gasteiger partial charge in [-0.2, -0.15) is 5.26 Å². The highest BCUT2D eigenvalue weighted by Gasteiger charge is 2.10. The highest BCUT2D eigenvalue weighted by molar-refractivity contribution is 6.01. The molecule has 22 heavy (non-hydrogen) atoms. The third kappa shape index (κ3) is 4.00. The van der Waals surface area contributed by atoms with Crippen molar-refractivity contribution in [3.05, 3.63) is 54.1 Å². The standard InChI is InChI=1S/C17H17N3O2/c1-12(2)22-16-10-6-5-9-15(16)20-17(21)19-14-8-4-3-7-13(14)11-18/h3-10,12H,1-2H3,(H2,19,20,21). The molecule has 0 heterocycles. The molecule has 0 saturated carbocycles. The number of benzene rings is 2. The summed E-state index contributed by atoms with van der Waals surface area (Å²) in [6, 6.07) is 15.6. The van der Waals surface area contributed by atoms with Gasteiger partial charge in [-0.1, -0.05) is 24.3 Å². The van der Waals surface area contributed by atoms with Gasteiger partial charge >= 0.3 is 6.03 Å². The minimum atomic E-state index is -0.428. The van der Waals surface area contributed by atoms with Gasteiger partial charge in [-0.3, -0.25) is 0 Å². The van der Waals surface area contributed by atoms with Crippen LogP contribution in [0.1, 0.15) is 19.4 Å². The monoisotopic (exact) mass is 295 g/mol. The second kappa shape index (κ2) is 7.14. The van der Waals surface area contributed by atoms with Gasteiger partial charge in [-0.25, -0.2) is 4.79 Å². The van der Waals surface area contributed by atoms with Crippen molar-refractivity contribution in [3.63, 3.8) is 0 Å². The Balaban J connectivity index is 2.11. The van der Waals surface area contributed by atoms with Crippen LogP contribution in [0.4, 0.5) is 16.2 Å². The lowest BCUT2D eigenvalue weighted by molar-refractivity contribution is 0.243. The number of carbonyl (C=O) groups is 1. The van der Waals surface area contributed by atoms with Crippen molar-refractivity contribution >= 4 is 17.4 Å². The van der Waals surface area contributed by atoms with E-state index in [1.54, 1.807) is 36.4 Å². The Labute approximate surface area is 129 Å². The topological polar surface area (TPSA) is 74.2 Å². The highest BCUT2D eigenvalue weighted by atomic mass is 16.5. The number of nitrogens with one attached hydrogen (secondary N) is 2. The Hall–Kier alpha value is -3.00. The largest absolute Gasteiger partial charge is 0.489 e. The lowest BCUT2D eigenvalue weighted by atomic mass is 10.2. The average molecular weight is 295 g/mol. The number of rotatable bonds is 4. The molecule has 2 amide bonds. The Kier molecular flexibility index (Phi) is 4.99. The van der Waals surface area contributed by atoms with E-state index in [0.717, 1.165) is 0 Å². The summed E-state index contributed by atoms with van der Waals surface area (Å²) in [6.45, 7) is 3.83. The molecule has 2 rings (SSSR count). The molecule has 0 atom stereocenters. The molecule has 0 aromatic heterocycles. The number of ether oxygens (including phenoxy) is 1. The van der Waals surface area contributed by atoms with E-state index >= 15 is 0 Å². The summed E-state index contributed by atoms with van der Waals surface area (Å²) in [5, 5.41) is 14.4. The van der Waals surface area contributed by atoms with Crippen LogP contribution in [0.5, 0.6) is 5.75 Å². The van der Waals surface area contributed by atoms with E-state index in [1.165, 1.54) is 0 Å². The molecule has 5 heteroatoms. The van der Waals surface area contributed by atoms with Crippen molar-refractivity contribution in [2.24, 2.45) is 0 Å². The molecule has 5 nitrogen and oxygen atoms in total. The summed E-state index contributed by atoms with van der Waals surface area (Å²) in [5.41, 5.74) is 1.44. The lowest BCUT2D eigenvalue weighted by Crippen LogP contribution is -2.21. The van der Waals surface area contributed by atoms with Crippen LogP contribution in [-0.4, -0.2) is 12.1 Å². The maximum Gasteiger partial charge on any atom is 0.323 e. The quantitative estimate of drug-likeness (QED) is 0.895. The molecule has 0 radical (unpaired) electrons. The summed E-state index contributed by atoms with van der Waals surface area (Å²) in [5.74, 6) is 0.598. The molecule has 0 aliphatic carbocycles. The van der Waals surface area contributed by atoms with Crippen molar-refractivity contribution in [2.45, 2.75) is 20.0 Å². The molecule has 2 N–H and O–H groups in total. The van der Waals surface area contributed by atoms with Gasteiger partial charge in [0.25, 0.3) is 0 Å². The molecule has 0 aliphatic rings. The third-order valence-corrected chi connectivity index (χ3v) is 2.79. The number of amides is 2. The maximum absolute atomic E-state index is 12.1. The van der Waals surface area contributed by atoms with Gasteiger partial charge in [0, 0.05) is 0 Å². The van der Waals surface area contributed by atoms with Crippen LogP contribution in [0.15, 0.2) is 48.5 Å². The van der Waals surface area contributed by atoms with Gasteiger partial charge < -0.3 is 15.4 Å². The fraction of sp³-hybridized carbons (Fsp3) is 0.176. The molecular weight excluding hydrogens is 278 g/mol. The van der Waals surface area contributed by atoms with Gasteiger partial charge in [-0.05, 0) is 38.1 Å². The summed E-state index contributed by atoms with van der Waals surface area (Å²) in [4.78, 5) is 12.1. The molecule has 2 aromatic carbocycles. The summed E-state index contributed by atoms with van der Waals surface area (Å²) < 4.78 is 5.65. The van der Waals surface area contributed by atoms with Crippen LogP contribution in [0.25, 0.3) is 0 Å². The van der Waals surface area contributed by atoms with Crippen LogP contribution >= 0.6 is 0 Å². The molecule has 0 bridgehead atoms. The number of nitriles is 1. The fourth-order valence-electron chi connectivity index (χ4n) is 1.89. The van der Waals surface area contributed by atoms with E-state index < -0.39 is 6.03 Å². The minimum Gasteiger partial charge on any atom is -0.489 e.